The van der Waals surface area contributed by atoms with Crippen LogP contribution in [0.3, 0.4) is 0 Å². The summed E-state index contributed by atoms with van der Waals surface area (Å²) in [6.45, 7) is 4.95. The molecule has 2 amide bonds. The van der Waals surface area contributed by atoms with Crippen LogP contribution in [-0.4, -0.2) is 40.2 Å². The molecule has 118 valence electrons. The van der Waals surface area contributed by atoms with Gasteiger partial charge < -0.3 is 15.3 Å². The van der Waals surface area contributed by atoms with Gasteiger partial charge in [0, 0.05) is 30.3 Å². The van der Waals surface area contributed by atoms with E-state index in [4.69, 9.17) is 5.11 Å². The summed E-state index contributed by atoms with van der Waals surface area (Å²) in [7, 11) is 0. The highest BCUT2D eigenvalue weighted by Gasteiger charge is 2.28. The largest absolute Gasteiger partial charge is 0.396 e. The van der Waals surface area contributed by atoms with Crippen LogP contribution in [0, 0.1) is 6.92 Å². The number of rotatable bonds is 5. The number of aliphatic hydroxyl groups excluding tert-OH is 1. The van der Waals surface area contributed by atoms with Crippen molar-refractivity contribution in [3.8, 4) is 0 Å². The number of hydrogen-bond acceptors (Lipinski definition) is 4. The molecular weight excluding hydrogens is 286 g/mol. The van der Waals surface area contributed by atoms with Crippen LogP contribution < -0.4 is 5.32 Å². The fourth-order valence-corrected chi connectivity index (χ4v) is 3.75. The molecular formula is C15H25N3O2S. The molecule has 0 spiro atoms. The van der Waals surface area contributed by atoms with Crippen LogP contribution in [0.15, 0.2) is 5.38 Å². The topological polar surface area (TPSA) is 65.5 Å². The summed E-state index contributed by atoms with van der Waals surface area (Å²) < 4.78 is 0. The van der Waals surface area contributed by atoms with Crippen LogP contribution in [0.1, 0.15) is 55.8 Å². The van der Waals surface area contributed by atoms with Crippen molar-refractivity contribution in [2.24, 2.45) is 0 Å². The first kappa shape index (κ1) is 16.2. The molecule has 0 aliphatic carbocycles. The van der Waals surface area contributed by atoms with Gasteiger partial charge in [0.25, 0.3) is 0 Å². The number of urea groups is 1. The summed E-state index contributed by atoms with van der Waals surface area (Å²) in [5.74, 6) is 0. The van der Waals surface area contributed by atoms with Crippen molar-refractivity contribution in [3.05, 3.63) is 16.1 Å². The van der Waals surface area contributed by atoms with E-state index in [0.29, 0.717) is 6.42 Å². The molecule has 21 heavy (non-hydrogen) atoms. The van der Waals surface area contributed by atoms with E-state index in [9.17, 15) is 4.79 Å². The van der Waals surface area contributed by atoms with Crippen molar-refractivity contribution in [2.45, 2.75) is 58.0 Å². The van der Waals surface area contributed by atoms with E-state index in [0.717, 1.165) is 42.9 Å². The lowest BCUT2D eigenvalue weighted by Gasteiger charge is -2.36. The number of likely N-dealkylation sites (tertiary alicyclic amines) is 1. The molecule has 5 nitrogen and oxygen atoms in total. The Labute approximate surface area is 130 Å². The third-order valence-corrected chi connectivity index (χ3v) is 5.07. The predicted molar refractivity (Wildman–Crippen MR) is 84.5 cm³/mol. The number of nitrogens with one attached hydrogen (secondary N) is 1. The predicted octanol–water partition coefficient (Wildman–Crippen LogP) is 2.85. The monoisotopic (exact) mass is 311 g/mol. The first-order valence-corrected chi connectivity index (χ1v) is 8.63. The Kier molecular flexibility index (Phi) is 5.99. The molecule has 0 bridgehead atoms. The van der Waals surface area contributed by atoms with E-state index in [1.807, 2.05) is 17.2 Å². The molecule has 0 radical (unpaired) electrons. The Morgan fingerprint density at radius 3 is 3.05 bits per heavy atom. The van der Waals surface area contributed by atoms with Crippen LogP contribution in [-0.2, 0) is 0 Å². The first-order chi connectivity index (χ1) is 10.2. The average molecular weight is 311 g/mol. The quantitative estimate of drug-likeness (QED) is 0.879. The number of amides is 2. The Morgan fingerprint density at radius 2 is 2.43 bits per heavy atom. The highest BCUT2D eigenvalue weighted by atomic mass is 32.1. The minimum absolute atomic E-state index is 0.0205. The smallest absolute Gasteiger partial charge is 0.318 e. The standard InChI is InChI=1S/C15H25N3O2S/c1-3-13(14-16-11(2)10-21-14)17-15(20)18-8-5-4-6-12(18)7-9-19/h10,12-13,19H,3-9H2,1-2H3,(H,17,20). The van der Waals surface area contributed by atoms with Crippen LogP contribution in [0.5, 0.6) is 0 Å². The van der Waals surface area contributed by atoms with E-state index in [-0.39, 0.29) is 24.7 Å². The van der Waals surface area contributed by atoms with Gasteiger partial charge in [-0.2, -0.15) is 0 Å². The van der Waals surface area contributed by atoms with Crippen molar-refractivity contribution in [1.29, 1.82) is 0 Å². The molecule has 0 aromatic carbocycles. The van der Waals surface area contributed by atoms with Crippen molar-refractivity contribution in [2.75, 3.05) is 13.2 Å². The maximum atomic E-state index is 12.5. The fraction of sp³-hybridized carbons (Fsp3) is 0.733. The summed E-state index contributed by atoms with van der Waals surface area (Å²) in [4.78, 5) is 18.9. The van der Waals surface area contributed by atoms with Crippen LogP contribution in [0.4, 0.5) is 4.79 Å². The summed E-state index contributed by atoms with van der Waals surface area (Å²) in [5, 5.41) is 15.3. The number of carbonyl (C=O) groups excluding carboxylic acids is 1. The molecule has 6 heteroatoms. The van der Waals surface area contributed by atoms with Gasteiger partial charge in [-0.3, -0.25) is 0 Å². The highest BCUT2D eigenvalue weighted by Crippen LogP contribution is 2.23. The van der Waals surface area contributed by atoms with E-state index in [1.54, 1.807) is 11.3 Å². The zero-order valence-corrected chi connectivity index (χ0v) is 13.7. The number of thiazole rings is 1. The zero-order valence-electron chi connectivity index (χ0n) is 12.8. The third-order valence-electron chi connectivity index (χ3n) is 3.99. The highest BCUT2D eigenvalue weighted by molar-refractivity contribution is 7.09. The Bertz CT molecular complexity index is 462. The normalized spacial score (nSPS) is 20.3. The van der Waals surface area contributed by atoms with Crippen molar-refractivity contribution in [3.63, 3.8) is 0 Å². The Balaban J connectivity index is 2.00. The van der Waals surface area contributed by atoms with Gasteiger partial charge in [-0.25, -0.2) is 9.78 Å². The minimum atomic E-state index is -0.0205. The second-order valence-electron chi connectivity index (χ2n) is 5.59. The molecule has 1 fully saturated rings. The lowest BCUT2D eigenvalue weighted by Crippen LogP contribution is -2.49. The Morgan fingerprint density at radius 1 is 1.62 bits per heavy atom. The second kappa shape index (κ2) is 7.75. The molecule has 1 aliphatic heterocycles. The number of aliphatic hydroxyl groups is 1. The number of nitrogens with zero attached hydrogens (tertiary/aromatic N) is 2. The minimum Gasteiger partial charge on any atom is -0.396 e. The number of aryl methyl sites for hydroxylation is 1. The van der Waals surface area contributed by atoms with E-state index in [2.05, 4.69) is 17.2 Å². The van der Waals surface area contributed by atoms with Crippen molar-refractivity contribution < 1.29 is 9.90 Å². The summed E-state index contributed by atoms with van der Waals surface area (Å²) in [6, 6.07) is 0.125. The van der Waals surface area contributed by atoms with Crippen molar-refractivity contribution in [1.82, 2.24) is 15.2 Å². The van der Waals surface area contributed by atoms with Crippen LogP contribution in [0.25, 0.3) is 0 Å². The summed E-state index contributed by atoms with van der Waals surface area (Å²) in [6.07, 6.45) is 4.67. The third kappa shape index (κ3) is 4.17. The lowest BCUT2D eigenvalue weighted by molar-refractivity contribution is 0.129. The molecule has 2 unspecified atom stereocenters. The van der Waals surface area contributed by atoms with Gasteiger partial charge in [-0.1, -0.05) is 6.92 Å². The fourth-order valence-electron chi connectivity index (χ4n) is 2.82. The van der Waals surface area contributed by atoms with Gasteiger partial charge in [0.1, 0.15) is 5.01 Å². The summed E-state index contributed by atoms with van der Waals surface area (Å²) in [5.41, 5.74) is 0.999. The molecule has 2 atom stereocenters. The molecule has 1 saturated heterocycles. The molecule has 2 N–H and O–H groups in total. The van der Waals surface area contributed by atoms with Gasteiger partial charge >= 0.3 is 6.03 Å². The molecule has 1 aliphatic rings. The van der Waals surface area contributed by atoms with Crippen molar-refractivity contribution >= 4 is 17.4 Å². The van der Waals surface area contributed by atoms with Crippen LogP contribution >= 0.6 is 11.3 Å². The SMILES string of the molecule is CCC(NC(=O)N1CCCCC1CCO)c1nc(C)cs1. The van der Waals surface area contributed by atoms with Gasteiger partial charge in [0.2, 0.25) is 0 Å². The zero-order chi connectivity index (χ0) is 15.2. The molecule has 2 rings (SSSR count). The van der Waals surface area contributed by atoms with Gasteiger partial charge in [0.15, 0.2) is 0 Å². The first-order valence-electron chi connectivity index (χ1n) is 7.75. The number of aromatic nitrogens is 1. The molecule has 1 aromatic heterocycles. The van der Waals surface area contributed by atoms with Gasteiger partial charge in [-0.15, -0.1) is 11.3 Å². The maximum absolute atomic E-state index is 12.5. The molecule has 2 heterocycles. The Hall–Kier alpha value is -1.14. The number of carbonyl (C=O) groups is 1. The molecule has 0 saturated carbocycles. The lowest BCUT2D eigenvalue weighted by atomic mass is 10.00. The average Bonchev–Trinajstić information content (AvgIpc) is 2.92. The maximum Gasteiger partial charge on any atom is 0.318 e. The van der Waals surface area contributed by atoms with E-state index < -0.39 is 0 Å². The van der Waals surface area contributed by atoms with Gasteiger partial charge in [0.05, 0.1) is 6.04 Å². The molecule has 1 aromatic rings. The second-order valence-corrected chi connectivity index (χ2v) is 6.48. The number of hydrogen-bond donors (Lipinski definition) is 2. The number of piperidine rings is 1. The van der Waals surface area contributed by atoms with Crippen LogP contribution in [0.2, 0.25) is 0 Å². The van der Waals surface area contributed by atoms with E-state index in [1.165, 1.54) is 0 Å². The van der Waals surface area contributed by atoms with E-state index >= 15 is 0 Å². The summed E-state index contributed by atoms with van der Waals surface area (Å²) >= 11 is 1.60. The van der Waals surface area contributed by atoms with Gasteiger partial charge in [-0.05, 0) is 39.0 Å².